The maximum absolute atomic E-state index is 12.6. The average Bonchev–Trinajstić information content (AvgIpc) is 3.14. The van der Waals surface area contributed by atoms with Crippen LogP contribution in [0.25, 0.3) is 11.0 Å². The maximum Gasteiger partial charge on any atom is 0.414 e. The van der Waals surface area contributed by atoms with Gasteiger partial charge in [-0.15, -0.1) is 0 Å². The van der Waals surface area contributed by atoms with Crippen molar-refractivity contribution in [2.45, 2.75) is 51.1 Å². The monoisotopic (exact) mass is 460 g/mol. The standard InChI is InChI=1S/C27H32N4O3/c1-17-7-8-21-22(30(17)26(32)34-3)9-10-23-25(21)29-24(12-18-5-4-6-20(11-18)33-2)31(23)19-13-27(14-19)15-28-16-27/h4-6,9-11,17,19,28H,7-8,12-16H2,1-3H3/t17-/m0/s1. The number of rotatable bonds is 4. The maximum atomic E-state index is 12.6. The van der Waals surface area contributed by atoms with Gasteiger partial charge < -0.3 is 19.4 Å². The van der Waals surface area contributed by atoms with Gasteiger partial charge in [0.15, 0.2) is 0 Å². The lowest BCUT2D eigenvalue weighted by atomic mass is 9.61. The van der Waals surface area contributed by atoms with Crippen LogP contribution >= 0.6 is 0 Å². The molecule has 7 nitrogen and oxygen atoms in total. The first kappa shape index (κ1) is 21.5. The van der Waals surface area contributed by atoms with Gasteiger partial charge in [-0.2, -0.15) is 0 Å². The molecule has 1 spiro atoms. The average molecular weight is 461 g/mol. The van der Waals surface area contributed by atoms with Crippen LogP contribution in [0.5, 0.6) is 5.75 Å². The van der Waals surface area contributed by atoms with Gasteiger partial charge in [0, 0.05) is 37.2 Å². The Hall–Kier alpha value is -3.06. The van der Waals surface area contributed by atoms with Crippen molar-refractivity contribution in [2.24, 2.45) is 5.41 Å². The Morgan fingerprint density at radius 3 is 2.74 bits per heavy atom. The Labute approximate surface area is 200 Å². The highest BCUT2D eigenvalue weighted by molar-refractivity contribution is 5.95. The Bertz CT molecular complexity index is 1250. The molecule has 0 unspecified atom stereocenters. The summed E-state index contributed by atoms with van der Waals surface area (Å²) in [5.41, 5.74) is 5.97. The first-order chi connectivity index (χ1) is 16.5. The van der Waals surface area contributed by atoms with Gasteiger partial charge >= 0.3 is 6.09 Å². The normalized spacial score (nSPS) is 21.1. The minimum atomic E-state index is -0.303. The number of ether oxygens (including phenoxy) is 2. The number of amides is 1. The van der Waals surface area contributed by atoms with E-state index in [-0.39, 0.29) is 12.1 Å². The van der Waals surface area contributed by atoms with E-state index in [9.17, 15) is 4.79 Å². The van der Waals surface area contributed by atoms with E-state index in [1.165, 1.54) is 31.0 Å². The zero-order valence-electron chi connectivity index (χ0n) is 20.1. The number of methoxy groups -OCH3 is 2. The third kappa shape index (κ3) is 3.28. The molecule has 178 valence electrons. The van der Waals surface area contributed by atoms with Crippen molar-refractivity contribution in [1.29, 1.82) is 0 Å². The molecule has 34 heavy (non-hydrogen) atoms. The van der Waals surface area contributed by atoms with Gasteiger partial charge in [0.2, 0.25) is 0 Å². The molecule has 6 rings (SSSR count). The summed E-state index contributed by atoms with van der Waals surface area (Å²) < 4.78 is 13.1. The van der Waals surface area contributed by atoms with E-state index in [1.54, 1.807) is 12.0 Å². The topological polar surface area (TPSA) is 68.6 Å². The molecule has 1 amide bonds. The molecule has 1 saturated heterocycles. The molecule has 1 aliphatic carbocycles. The van der Waals surface area contributed by atoms with Crippen LogP contribution in [-0.4, -0.2) is 49.0 Å². The molecule has 1 atom stereocenters. The Balaban J connectivity index is 1.46. The molecule has 3 aromatic rings. The van der Waals surface area contributed by atoms with Crippen LogP contribution in [-0.2, 0) is 17.6 Å². The number of nitrogens with zero attached hydrogens (tertiary/aromatic N) is 3. The lowest BCUT2D eigenvalue weighted by Crippen LogP contribution is -2.60. The number of carbonyl (C=O) groups is 1. The lowest BCUT2D eigenvalue weighted by molar-refractivity contribution is 0.00822. The molecule has 2 aromatic carbocycles. The van der Waals surface area contributed by atoms with Gasteiger partial charge in [-0.3, -0.25) is 4.90 Å². The second-order valence-corrected chi connectivity index (χ2v) is 10.3. The van der Waals surface area contributed by atoms with Crippen LogP contribution in [0.4, 0.5) is 10.5 Å². The Morgan fingerprint density at radius 1 is 1.21 bits per heavy atom. The van der Waals surface area contributed by atoms with Crippen molar-refractivity contribution in [3.05, 3.63) is 53.3 Å². The summed E-state index contributed by atoms with van der Waals surface area (Å²) in [4.78, 5) is 19.6. The predicted octanol–water partition coefficient (Wildman–Crippen LogP) is 4.47. The largest absolute Gasteiger partial charge is 0.497 e. The SMILES string of the molecule is COC(=O)N1c2ccc3c(nc(Cc4cccc(OC)c4)n3C3CC4(CNC4)C3)c2CC[C@@H]1C. The number of carbonyl (C=O) groups excluding carboxylic acids is 1. The summed E-state index contributed by atoms with van der Waals surface area (Å²) in [5.74, 6) is 1.95. The van der Waals surface area contributed by atoms with E-state index in [4.69, 9.17) is 14.5 Å². The fourth-order valence-corrected chi connectivity index (χ4v) is 6.21. The summed E-state index contributed by atoms with van der Waals surface area (Å²) in [6, 6.07) is 13.1. The first-order valence-corrected chi connectivity index (χ1v) is 12.3. The summed E-state index contributed by atoms with van der Waals surface area (Å²) in [7, 11) is 3.15. The fraction of sp³-hybridized carbons (Fsp3) is 0.481. The van der Waals surface area contributed by atoms with Crippen LogP contribution in [0.1, 0.15) is 49.2 Å². The molecule has 0 bridgehead atoms. The zero-order valence-corrected chi connectivity index (χ0v) is 20.1. The van der Waals surface area contributed by atoms with E-state index < -0.39 is 0 Å². The summed E-state index contributed by atoms with van der Waals surface area (Å²) in [6.07, 6.45) is 4.65. The smallest absolute Gasteiger partial charge is 0.414 e. The van der Waals surface area contributed by atoms with Crippen LogP contribution in [0.3, 0.4) is 0 Å². The molecule has 1 N–H and O–H groups in total. The second-order valence-electron chi connectivity index (χ2n) is 10.3. The molecule has 1 saturated carbocycles. The van der Waals surface area contributed by atoms with Crippen LogP contribution in [0.2, 0.25) is 0 Å². The van der Waals surface area contributed by atoms with Gasteiger partial charge in [0.1, 0.15) is 11.6 Å². The minimum Gasteiger partial charge on any atom is -0.497 e. The van der Waals surface area contributed by atoms with Crippen LogP contribution in [0.15, 0.2) is 36.4 Å². The first-order valence-electron chi connectivity index (χ1n) is 12.3. The van der Waals surface area contributed by atoms with E-state index in [2.05, 4.69) is 41.1 Å². The minimum absolute atomic E-state index is 0.105. The number of aryl methyl sites for hydroxylation is 1. The number of benzene rings is 2. The van der Waals surface area contributed by atoms with Gasteiger partial charge in [-0.05, 0) is 67.9 Å². The van der Waals surface area contributed by atoms with E-state index in [0.29, 0.717) is 11.5 Å². The van der Waals surface area contributed by atoms with Gasteiger partial charge in [-0.1, -0.05) is 12.1 Å². The number of nitrogens with one attached hydrogen (secondary N) is 1. The zero-order chi connectivity index (χ0) is 23.4. The van der Waals surface area contributed by atoms with Gasteiger partial charge in [0.05, 0.1) is 30.9 Å². The van der Waals surface area contributed by atoms with E-state index >= 15 is 0 Å². The molecule has 0 radical (unpaired) electrons. The fourth-order valence-electron chi connectivity index (χ4n) is 6.21. The van der Waals surface area contributed by atoms with Crippen molar-refractivity contribution in [3.8, 4) is 5.75 Å². The molecule has 3 aliphatic rings. The van der Waals surface area contributed by atoms with Crippen molar-refractivity contribution < 1.29 is 14.3 Å². The Morgan fingerprint density at radius 2 is 2.03 bits per heavy atom. The van der Waals surface area contributed by atoms with Crippen molar-refractivity contribution in [3.63, 3.8) is 0 Å². The number of anilines is 1. The lowest BCUT2D eigenvalue weighted by Gasteiger charge is -2.55. The van der Waals surface area contributed by atoms with Crippen LogP contribution < -0.4 is 15.0 Å². The number of hydrogen-bond acceptors (Lipinski definition) is 5. The number of aromatic nitrogens is 2. The van der Waals surface area contributed by atoms with Crippen LogP contribution in [0, 0.1) is 5.41 Å². The third-order valence-corrected chi connectivity index (χ3v) is 8.10. The highest BCUT2D eigenvalue weighted by Gasteiger charge is 2.50. The number of imidazole rings is 1. The summed E-state index contributed by atoms with van der Waals surface area (Å²) in [6.45, 7) is 4.34. The molecule has 2 fully saturated rings. The number of fused-ring (bicyclic) bond motifs is 3. The predicted molar refractivity (Wildman–Crippen MR) is 132 cm³/mol. The second kappa shape index (κ2) is 8.01. The highest BCUT2D eigenvalue weighted by Crippen LogP contribution is 2.52. The van der Waals surface area contributed by atoms with Gasteiger partial charge in [-0.25, -0.2) is 9.78 Å². The Kier molecular flexibility index (Phi) is 5.06. The van der Waals surface area contributed by atoms with Crippen molar-refractivity contribution in [2.75, 3.05) is 32.2 Å². The van der Waals surface area contributed by atoms with E-state index in [1.807, 2.05) is 12.1 Å². The molecule has 7 heteroatoms. The molecular weight excluding hydrogens is 428 g/mol. The van der Waals surface area contributed by atoms with Crippen molar-refractivity contribution >= 4 is 22.8 Å². The van der Waals surface area contributed by atoms with Gasteiger partial charge in [0.25, 0.3) is 0 Å². The quantitative estimate of drug-likeness (QED) is 0.622. The number of hydrogen-bond donors (Lipinski definition) is 1. The summed E-state index contributed by atoms with van der Waals surface area (Å²) in [5, 5.41) is 3.45. The molecule has 1 aromatic heterocycles. The highest BCUT2D eigenvalue weighted by atomic mass is 16.5. The molecular formula is C27H32N4O3. The van der Waals surface area contributed by atoms with Crippen molar-refractivity contribution in [1.82, 2.24) is 14.9 Å². The summed E-state index contributed by atoms with van der Waals surface area (Å²) >= 11 is 0. The molecule has 3 heterocycles. The third-order valence-electron chi connectivity index (χ3n) is 8.10. The molecule has 2 aliphatic heterocycles. The van der Waals surface area contributed by atoms with E-state index in [0.717, 1.165) is 60.7 Å².